The predicted molar refractivity (Wildman–Crippen MR) is 81.4 cm³/mol. The van der Waals surface area contributed by atoms with E-state index in [2.05, 4.69) is 11.9 Å². The maximum Gasteiger partial charge on any atom is 0.260 e. The predicted octanol–water partition coefficient (Wildman–Crippen LogP) is 0.734. The van der Waals surface area contributed by atoms with Crippen molar-refractivity contribution in [2.24, 2.45) is 0 Å². The lowest BCUT2D eigenvalue weighted by atomic mass is 10.2. The minimum absolute atomic E-state index is 0.128. The summed E-state index contributed by atoms with van der Waals surface area (Å²) in [6.45, 7) is 4.80. The van der Waals surface area contributed by atoms with Gasteiger partial charge in [-0.15, -0.1) is 0 Å². The SMILES string of the molecule is C=CC(=O)NC[C@H]1CN(C(=O)COc2ccc(F)cc2)CCO1. The summed E-state index contributed by atoms with van der Waals surface area (Å²) in [5.74, 6) is -0.390. The normalized spacial score (nSPS) is 17.4. The quantitative estimate of drug-likeness (QED) is 0.784. The van der Waals surface area contributed by atoms with Crippen LogP contribution in [0.4, 0.5) is 4.39 Å². The van der Waals surface area contributed by atoms with Gasteiger partial charge in [0, 0.05) is 19.6 Å². The zero-order valence-corrected chi connectivity index (χ0v) is 12.7. The van der Waals surface area contributed by atoms with Gasteiger partial charge in [0.25, 0.3) is 5.91 Å². The first kappa shape index (κ1) is 17.0. The van der Waals surface area contributed by atoms with Crippen molar-refractivity contribution in [2.45, 2.75) is 6.10 Å². The van der Waals surface area contributed by atoms with Crippen LogP contribution in [0.5, 0.6) is 5.75 Å². The smallest absolute Gasteiger partial charge is 0.260 e. The molecule has 0 saturated carbocycles. The van der Waals surface area contributed by atoms with E-state index in [0.29, 0.717) is 32.0 Å². The van der Waals surface area contributed by atoms with E-state index in [-0.39, 0.29) is 30.3 Å². The summed E-state index contributed by atoms with van der Waals surface area (Å²) in [5.41, 5.74) is 0. The molecule has 0 bridgehead atoms. The van der Waals surface area contributed by atoms with Crippen LogP contribution in [0, 0.1) is 5.82 Å². The Kier molecular flexibility index (Phi) is 6.10. The fourth-order valence-corrected chi connectivity index (χ4v) is 2.12. The van der Waals surface area contributed by atoms with Crippen molar-refractivity contribution >= 4 is 11.8 Å². The highest BCUT2D eigenvalue weighted by molar-refractivity contribution is 5.86. The molecular weight excluding hydrogens is 303 g/mol. The van der Waals surface area contributed by atoms with Crippen LogP contribution >= 0.6 is 0 Å². The zero-order chi connectivity index (χ0) is 16.7. The molecular formula is C16H19FN2O4. The Balaban J connectivity index is 1.78. The molecule has 0 radical (unpaired) electrons. The van der Waals surface area contributed by atoms with Crippen LogP contribution in [-0.2, 0) is 14.3 Å². The zero-order valence-electron chi connectivity index (χ0n) is 12.7. The van der Waals surface area contributed by atoms with Gasteiger partial charge >= 0.3 is 0 Å². The monoisotopic (exact) mass is 322 g/mol. The Morgan fingerprint density at radius 3 is 2.87 bits per heavy atom. The van der Waals surface area contributed by atoms with E-state index in [4.69, 9.17) is 9.47 Å². The molecule has 1 aliphatic rings. The van der Waals surface area contributed by atoms with Crippen LogP contribution < -0.4 is 10.1 Å². The van der Waals surface area contributed by atoms with E-state index in [0.717, 1.165) is 0 Å². The summed E-state index contributed by atoms with van der Waals surface area (Å²) in [6, 6.07) is 5.48. The van der Waals surface area contributed by atoms with Crippen molar-refractivity contribution in [1.82, 2.24) is 10.2 Å². The molecule has 0 aliphatic carbocycles. The van der Waals surface area contributed by atoms with Crippen LogP contribution in [0.15, 0.2) is 36.9 Å². The van der Waals surface area contributed by atoms with Gasteiger partial charge in [-0.2, -0.15) is 0 Å². The summed E-state index contributed by atoms with van der Waals surface area (Å²) in [5, 5.41) is 2.64. The first-order valence-electron chi connectivity index (χ1n) is 7.26. The van der Waals surface area contributed by atoms with E-state index in [9.17, 15) is 14.0 Å². The lowest BCUT2D eigenvalue weighted by molar-refractivity contribution is -0.140. The molecule has 6 nitrogen and oxygen atoms in total. The summed E-state index contributed by atoms with van der Waals surface area (Å²) in [7, 11) is 0. The second kappa shape index (κ2) is 8.28. The number of hydrogen-bond donors (Lipinski definition) is 1. The minimum Gasteiger partial charge on any atom is -0.484 e. The van der Waals surface area contributed by atoms with Gasteiger partial charge in [-0.3, -0.25) is 9.59 Å². The molecule has 1 saturated heterocycles. The summed E-state index contributed by atoms with van der Waals surface area (Å²) < 4.78 is 23.6. The van der Waals surface area contributed by atoms with Crippen LogP contribution in [0.25, 0.3) is 0 Å². The van der Waals surface area contributed by atoms with Crippen molar-refractivity contribution in [3.63, 3.8) is 0 Å². The van der Waals surface area contributed by atoms with E-state index in [1.165, 1.54) is 30.3 Å². The third-order valence-electron chi connectivity index (χ3n) is 3.36. The molecule has 0 unspecified atom stereocenters. The lowest BCUT2D eigenvalue weighted by Crippen LogP contribution is -2.50. The molecule has 2 amide bonds. The standard InChI is InChI=1S/C16H19FN2O4/c1-2-15(20)18-9-14-10-19(7-8-22-14)16(21)11-23-13-5-3-12(17)4-6-13/h2-6,14H,1,7-11H2,(H,18,20)/t14-/m0/s1. The molecule has 1 atom stereocenters. The number of halogens is 1. The van der Waals surface area contributed by atoms with Crippen molar-refractivity contribution < 1.29 is 23.5 Å². The maximum atomic E-state index is 12.8. The molecule has 1 aliphatic heterocycles. The third-order valence-corrected chi connectivity index (χ3v) is 3.36. The van der Waals surface area contributed by atoms with Crippen molar-refractivity contribution in [3.8, 4) is 5.75 Å². The number of nitrogens with zero attached hydrogens (tertiary/aromatic N) is 1. The number of hydrogen-bond acceptors (Lipinski definition) is 4. The Labute approximate surface area is 133 Å². The number of nitrogens with one attached hydrogen (secondary N) is 1. The molecule has 1 heterocycles. The van der Waals surface area contributed by atoms with Crippen molar-refractivity contribution in [1.29, 1.82) is 0 Å². The molecule has 23 heavy (non-hydrogen) atoms. The fraction of sp³-hybridized carbons (Fsp3) is 0.375. The number of morpholine rings is 1. The van der Waals surface area contributed by atoms with Crippen LogP contribution in [0.1, 0.15) is 0 Å². The molecule has 124 valence electrons. The maximum absolute atomic E-state index is 12.8. The average Bonchev–Trinajstić information content (AvgIpc) is 2.59. The van der Waals surface area contributed by atoms with Crippen molar-refractivity contribution in [2.75, 3.05) is 32.8 Å². The van der Waals surface area contributed by atoms with E-state index in [1.54, 1.807) is 4.90 Å². The highest BCUT2D eigenvalue weighted by Gasteiger charge is 2.24. The van der Waals surface area contributed by atoms with Gasteiger partial charge in [-0.25, -0.2) is 4.39 Å². The Hall–Kier alpha value is -2.41. The molecule has 1 fully saturated rings. The highest BCUT2D eigenvalue weighted by Crippen LogP contribution is 2.12. The molecule has 1 N–H and O–H groups in total. The third kappa shape index (κ3) is 5.37. The topological polar surface area (TPSA) is 67.9 Å². The largest absolute Gasteiger partial charge is 0.484 e. The number of rotatable bonds is 6. The van der Waals surface area contributed by atoms with E-state index < -0.39 is 0 Å². The van der Waals surface area contributed by atoms with Gasteiger partial charge in [-0.1, -0.05) is 6.58 Å². The lowest BCUT2D eigenvalue weighted by Gasteiger charge is -2.32. The van der Waals surface area contributed by atoms with Gasteiger partial charge in [0.1, 0.15) is 11.6 Å². The Morgan fingerprint density at radius 2 is 2.17 bits per heavy atom. The number of carbonyl (C=O) groups is 2. The van der Waals surface area contributed by atoms with E-state index >= 15 is 0 Å². The van der Waals surface area contributed by atoms with Crippen LogP contribution in [0.2, 0.25) is 0 Å². The van der Waals surface area contributed by atoms with Gasteiger partial charge in [0.15, 0.2) is 6.61 Å². The minimum atomic E-state index is -0.360. The number of carbonyl (C=O) groups excluding carboxylic acids is 2. The molecule has 1 aromatic carbocycles. The molecule has 7 heteroatoms. The Bertz CT molecular complexity index is 562. The average molecular weight is 322 g/mol. The van der Waals surface area contributed by atoms with Crippen molar-refractivity contribution in [3.05, 3.63) is 42.7 Å². The highest BCUT2D eigenvalue weighted by atomic mass is 19.1. The number of amides is 2. The molecule has 2 rings (SSSR count). The Morgan fingerprint density at radius 1 is 1.43 bits per heavy atom. The van der Waals surface area contributed by atoms with Gasteiger partial charge < -0.3 is 19.7 Å². The number of benzene rings is 1. The van der Waals surface area contributed by atoms with Gasteiger partial charge in [0.2, 0.25) is 5.91 Å². The first-order chi connectivity index (χ1) is 11.1. The van der Waals surface area contributed by atoms with Gasteiger partial charge in [0.05, 0.1) is 12.7 Å². The summed E-state index contributed by atoms with van der Waals surface area (Å²) in [4.78, 5) is 24.9. The molecule has 1 aromatic rings. The van der Waals surface area contributed by atoms with Gasteiger partial charge in [-0.05, 0) is 30.3 Å². The van der Waals surface area contributed by atoms with E-state index in [1.807, 2.05) is 0 Å². The second-order valence-electron chi connectivity index (χ2n) is 5.02. The second-order valence-corrected chi connectivity index (χ2v) is 5.02. The number of ether oxygens (including phenoxy) is 2. The first-order valence-corrected chi connectivity index (χ1v) is 7.26. The summed E-state index contributed by atoms with van der Waals surface area (Å²) >= 11 is 0. The fourth-order valence-electron chi connectivity index (χ4n) is 2.12. The summed E-state index contributed by atoms with van der Waals surface area (Å²) in [6.07, 6.45) is 0.921. The molecule has 0 aromatic heterocycles. The molecule has 0 spiro atoms. The van der Waals surface area contributed by atoms with Crippen LogP contribution in [-0.4, -0.2) is 55.7 Å². The van der Waals surface area contributed by atoms with Crippen LogP contribution in [0.3, 0.4) is 0 Å².